The van der Waals surface area contributed by atoms with E-state index in [2.05, 4.69) is 10.6 Å². The number of hydrogen-bond donors (Lipinski definition) is 2. The van der Waals surface area contributed by atoms with Crippen molar-refractivity contribution < 1.29 is 23.2 Å². The van der Waals surface area contributed by atoms with E-state index in [1.165, 1.54) is 18.2 Å². The lowest BCUT2D eigenvalue weighted by molar-refractivity contribution is 0.101. The molecule has 0 atom stereocenters. The number of ketones is 2. The van der Waals surface area contributed by atoms with Crippen molar-refractivity contribution in [2.75, 3.05) is 17.7 Å². The van der Waals surface area contributed by atoms with Crippen LogP contribution in [0.25, 0.3) is 0 Å². The molecule has 0 aliphatic rings. The lowest BCUT2D eigenvalue weighted by Crippen LogP contribution is -2.16. The van der Waals surface area contributed by atoms with Gasteiger partial charge in [0.2, 0.25) is 0 Å². The molecule has 0 fully saturated rings. The highest BCUT2D eigenvalue weighted by Crippen LogP contribution is 2.22. The van der Waals surface area contributed by atoms with E-state index in [9.17, 15) is 23.2 Å². The Labute approximate surface area is 143 Å². The Morgan fingerprint density at radius 1 is 0.920 bits per heavy atom. The average molecular weight is 346 g/mol. The number of rotatable bonds is 5. The number of benzene rings is 2. The SMILES string of the molecule is CNc1ccc(F)c(NC(=O)c2cc(C(C)=O)c(F)c(C(C)=O)c2)c1. The molecule has 0 saturated carbocycles. The Kier molecular flexibility index (Phi) is 5.26. The summed E-state index contributed by atoms with van der Waals surface area (Å²) in [6.07, 6.45) is 0. The molecule has 0 unspecified atom stereocenters. The monoisotopic (exact) mass is 346 g/mol. The van der Waals surface area contributed by atoms with Gasteiger partial charge in [0.15, 0.2) is 11.6 Å². The summed E-state index contributed by atoms with van der Waals surface area (Å²) in [5, 5.41) is 5.16. The molecule has 0 aliphatic carbocycles. The van der Waals surface area contributed by atoms with Crippen LogP contribution in [0.3, 0.4) is 0 Å². The maximum absolute atomic E-state index is 14.2. The first-order valence-electron chi connectivity index (χ1n) is 7.38. The van der Waals surface area contributed by atoms with Gasteiger partial charge in [-0.2, -0.15) is 0 Å². The van der Waals surface area contributed by atoms with Gasteiger partial charge in [0, 0.05) is 18.3 Å². The number of Topliss-reactive ketones (excluding diaryl/α,β-unsaturated/α-hetero) is 2. The highest BCUT2D eigenvalue weighted by Gasteiger charge is 2.20. The molecule has 25 heavy (non-hydrogen) atoms. The van der Waals surface area contributed by atoms with E-state index in [4.69, 9.17) is 0 Å². The molecule has 0 aromatic heterocycles. The molecule has 2 N–H and O–H groups in total. The van der Waals surface area contributed by atoms with Gasteiger partial charge in [-0.1, -0.05) is 0 Å². The highest BCUT2D eigenvalue weighted by molar-refractivity contribution is 6.09. The van der Waals surface area contributed by atoms with Gasteiger partial charge in [-0.05, 0) is 44.2 Å². The van der Waals surface area contributed by atoms with Gasteiger partial charge in [-0.15, -0.1) is 0 Å². The number of carbonyl (C=O) groups is 3. The van der Waals surface area contributed by atoms with Gasteiger partial charge in [0.1, 0.15) is 11.6 Å². The van der Waals surface area contributed by atoms with Crippen molar-refractivity contribution in [1.82, 2.24) is 0 Å². The second-order valence-electron chi connectivity index (χ2n) is 5.40. The molecule has 0 aliphatic heterocycles. The van der Waals surface area contributed by atoms with E-state index in [0.717, 1.165) is 26.0 Å². The van der Waals surface area contributed by atoms with E-state index in [1.807, 2.05) is 0 Å². The summed E-state index contributed by atoms with van der Waals surface area (Å²) in [6, 6.07) is 6.13. The van der Waals surface area contributed by atoms with Crippen molar-refractivity contribution in [3.63, 3.8) is 0 Å². The third kappa shape index (κ3) is 3.88. The minimum atomic E-state index is -0.972. The summed E-state index contributed by atoms with van der Waals surface area (Å²) in [5.41, 5.74) is -0.379. The summed E-state index contributed by atoms with van der Waals surface area (Å²) in [4.78, 5) is 35.5. The third-order valence-electron chi connectivity index (χ3n) is 3.60. The van der Waals surface area contributed by atoms with Crippen molar-refractivity contribution in [3.8, 4) is 0 Å². The summed E-state index contributed by atoms with van der Waals surface area (Å²) < 4.78 is 28.0. The molecule has 0 spiro atoms. The van der Waals surface area contributed by atoms with E-state index in [1.54, 1.807) is 7.05 Å². The quantitative estimate of drug-likeness (QED) is 0.810. The van der Waals surface area contributed by atoms with Crippen LogP contribution in [0.4, 0.5) is 20.2 Å². The van der Waals surface area contributed by atoms with E-state index >= 15 is 0 Å². The molecular weight excluding hydrogens is 330 g/mol. The molecule has 1 amide bonds. The van der Waals surface area contributed by atoms with Crippen molar-refractivity contribution in [2.45, 2.75) is 13.8 Å². The third-order valence-corrected chi connectivity index (χ3v) is 3.60. The fourth-order valence-electron chi connectivity index (χ4n) is 2.24. The second kappa shape index (κ2) is 7.21. The van der Waals surface area contributed by atoms with Gasteiger partial charge in [0.25, 0.3) is 5.91 Å². The van der Waals surface area contributed by atoms with Gasteiger partial charge < -0.3 is 10.6 Å². The molecule has 2 aromatic carbocycles. The maximum atomic E-state index is 14.2. The number of carbonyl (C=O) groups excluding carboxylic acids is 3. The first kappa shape index (κ1) is 18.3. The summed E-state index contributed by atoms with van der Waals surface area (Å²) in [7, 11) is 1.64. The summed E-state index contributed by atoms with van der Waals surface area (Å²) in [6.45, 7) is 2.25. The molecule has 2 rings (SSSR count). The smallest absolute Gasteiger partial charge is 0.255 e. The summed E-state index contributed by atoms with van der Waals surface area (Å²) in [5.74, 6) is -3.65. The van der Waals surface area contributed by atoms with Crippen LogP contribution in [0.15, 0.2) is 30.3 Å². The Morgan fingerprint density at radius 2 is 1.48 bits per heavy atom. The predicted molar refractivity (Wildman–Crippen MR) is 90.3 cm³/mol. The van der Waals surface area contributed by atoms with Crippen molar-refractivity contribution in [2.24, 2.45) is 0 Å². The largest absolute Gasteiger partial charge is 0.388 e. The van der Waals surface area contributed by atoms with Crippen LogP contribution in [0.1, 0.15) is 44.9 Å². The fraction of sp³-hybridized carbons (Fsp3) is 0.167. The number of nitrogens with one attached hydrogen (secondary N) is 2. The molecule has 0 saturated heterocycles. The van der Waals surface area contributed by atoms with Crippen LogP contribution in [0, 0.1) is 11.6 Å². The van der Waals surface area contributed by atoms with Crippen molar-refractivity contribution in [1.29, 1.82) is 0 Å². The first-order chi connectivity index (χ1) is 11.7. The van der Waals surface area contributed by atoms with E-state index in [-0.39, 0.29) is 22.4 Å². The number of anilines is 2. The molecule has 130 valence electrons. The molecule has 0 bridgehead atoms. The van der Waals surface area contributed by atoms with E-state index in [0.29, 0.717) is 5.69 Å². The van der Waals surface area contributed by atoms with Crippen LogP contribution in [0.2, 0.25) is 0 Å². The fourth-order valence-corrected chi connectivity index (χ4v) is 2.24. The predicted octanol–water partition coefficient (Wildman–Crippen LogP) is 3.66. The Balaban J connectivity index is 2.46. The first-order valence-corrected chi connectivity index (χ1v) is 7.38. The van der Waals surface area contributed by atoms with Crippen LogP contribution in [-0.4, -0.2) is 24.5 Å². The molecule has 0 heterocycles. The van der Waals surface area contributed by atoms with Gasteiger partial charge in [-0.25, -0.2) is 8.78 Å². The van der Waals surface area contributed by atoms with Crippen LogP contribution in [-0.2, 0) is 0 Å². The maximum Gasteiger partial charge on any atom is 0.255 e. The zero-order valence-corrected chi connectivity index (χ0v) is 13.9. The van der Waals surface area contributed by atoms with Gasteiger partial charge in [0.05, 0.1) is 16.8 Å². The Morgan fingerprint density at radius 3 is 1.96 bits per heavy atom. The standard InChI is InChI=1S/C18H16F2N2O3/c1-9(23)13-6-11(7-14(10(2)24)17(13)20)18(25)22-16-8-12(21-3)4-5-15(16)19/h4-8,21H,1-3H3,(H,22,25). The molecule has 7 heteroatoms. The molecule has 2 aromatic rings. The lowest BCUT2D eigenvalue weighted by atomic mass is 9.99. The van der Waals surface area contributed by atoms with Crippen LogP contribution >= 0.6 is 0 Å². The second-order valence-corrected chi connectivity index (χ2v) is 5.40. The Bertz CT molecular complexity index is 844. The van der Waals surface area contributed by atoms with Gasteiger partial charge >= 0.3 is 0 Å². The Hall–Kier alpha value is -3.09. The number of halogens is 2. The van der Waals surface area contributed by atoms with Crippen LogP contribution in [0.5, 0.6) is 0 Å². The topological polar surface area (TPSA) is 75.3 Å². The zero-order chi connectivity index (χ0) is 18.7. The zero-order valence-electron chi connectivity index (χ0n) is 13.9. The minimum absolute atomic E-state index is 0.0880. The number of amides is 1. The van der Waals surface area contributed by atoms with Crippen LogP contribution < -0.4 is 10.6 Å². The minimum Gasteiger partial charge on any atom is -0.388 e. The van der Waals surface area contributed by atoms with Gasteiger partial charge in [-0.3, -0.25) is 14.4 Å². The normalized spacial score (nSPS) is 10.3. The highest BCUT2D eigenvalue weighted by atomic mass is 19.1. The average Bonchev–Trinajstić information content (AvgIpc) is 2.56. The van der Waals surface area contributed by atoms with Crippen molar-refractivity contribution in [3.05, 3.63) is 58.7 Å². The number of hydrogen-bond acceptors (Lipinski definition) is 4. The van der Waals surface area contributed by atoms with Crippen molar-refractivity contribution >= 4 is 28.8 Å². The lowest BCUT2D eigenvalue weighted by Gasteiger charge is -2.11. The van der Waals surface area contributed by atoms with E-state index < -0.39 is 29.1 Å². The molecular formula is C18H16F2N2O3. The molecule has 0 radical (unpaired) electrons. The summed E-state index contributed by atoms with van der Waals surface area (Å²) >= 11 is 0. The molecule has 5 nitrogen and oxygen atoms in total.